The fourth-order valence-electron chi connectivity index (χ4n) is 1.98. The zero-order chi connectivity index (χ0) is 12.0. The van der Waals surface area contributed by atoms with Gasteiger partial charge in [0.25, 0.3) is 0 Å². The van der Waals surface area contributed by atoms with Gasteiger partial charge in [-0.2, -0.15) is 0 Å². The Hall–Kier alpha value is -0.730. The average molecular weight is 227 g/mol. The number of nitrogens with one attached hydrogen (secondary N) is 1. The van der Waals surface area contributed by atoms with E-state index >= 15 is 0 Å². The molecule has 1 N–H and O–H groups in total. The number of carbonyl (C=O) groups is 1. The van der Waals surface area contributed by atoms with Crippen molar-refractivity contribution in [2.45, 2.75) is 64.9 Å². The lowest BCUT2D eigenvalue weighted by Gasteiger charge is -2.25. The van der Waals surface area contributed by atoms with Crippen LogP contribution in [0.5, 0.6) is 0 Å². The third-order valence-corrected chi connectivity index (χ3v) is 3.48. The van der Waals surface area contributed by atoms with Gasteiger partial charge in [-0.15, -0.1) is 0 Å². The number of amides is 1. The van der Waals surface area contributed by atoms with E-state index in [-0.39, 0.29) is 11.7 Å². The molecule has 1 fully saturated rings. The van der Waals surface area contributed by atoms with E-state index in [2.05, 4.69) is 5.32 Å². The van der Waals surface area contributed by atoms with Crippen molar-refractivity contribution in [2.75, 3.05) is 6.54 Å². The Morgan fingerprint density at radius 1 is 1.31 bits per heavy atom. The van der Waals surface area contributed by atoms with Crippen LogP contribution in [0.25, 0.3) is 0 Å². The van der Waals surface area contributed by atoms with Crippen molar-refractivity contribution in [3.8, 4) is 0 Å². The molecule has 1 aliphatic carbocycles. The molecule has 3 nitrogen and oxygen atoms in total. The molecular formula is C13H25NO2. The topological polar surface area (TPSA) is 38.3 Å². The van der Waals surface area contributed by atoms with Crippen LogP contribution in [-0.2, 0) is 4.74 Å². The first-order valence-electron chi connectivity index (χ1n) is 6.50. The predicted octanol–water partition coefficient (Wildman–Crippen LogP) is 3.48. The van der Waals surface area contributed by atoms with Crippen molar-refractivity contribution < 1.29 is 9.53 Å². The molecule has 1 amide bonds. The second-order valence-corrected chi connectivity index (χ2v) is 5.39. The van der Waals surface area contributed by atoms with Gasteiger partial charge >= 0.3 is 6.09 Å². The maximum absolute atomic E-state index is 11.5. The highest BCUT2D eigenvalue weighted by molar-refractivity contribution is 5.67. The molecular weight excluding hydrogens is 202 g/mol. The van der Waals surface area contributed by atoms with Gasteiger partial charge in [0.05, 0.1) is 0 Å². The molecule has 0 aliphatic heterocycles. The Morgan fingerprint density at radius 2 is 1.94 bits per heavy atom. The summed E-state index contributed by atoms with van der Waals surface area (Å²) in [5, 5.41) is 2.88. The minimum Gasteiger partial charge on any atom is -0.444 e. The average Bonchev–Trinajstić information content (AvgIpc) is 2.27. The van der Waals surface area contributed by atoms with E-state index in [9.17, 15) is 4.79 Å². The number of hydrogen-bond acceptors (Lipinski definition) is 2. The van der Waals surface area contributed by atoms with Gasteiger partial charge in [-0.05, 0) is 39.0 Å². The summed E-state index contributed by atoms with van der Waals surface area (Å²) in [6.07, 6.45) is 7.03. The van der Waals surface area contributed by atoms with Crippen LogP contribution in [0, 0.1) is 5.92 Å². The zero-order valence-electron chi connectivity index (χ0n) is 10.8. The Labute approximate surface area is 98.9 Å². The lowest BCUT2D eigenvalue weighted by molar-refractivity contribution is 0.0353. The van der Waals surface area contributed by atoms with Crippen molar-refractivity contribution in [2.24, 2.45) is 5.92 Å². The molecule has 0 aromatic rings. The molecule has 0 aromatic carbocycles. The van der Waals surface area contributed by atoms with E-state index in [0.29, 0.717) is 5.92 Å². The maximum atomic E-state index is 11.5. The predicted molar refractivity (Wildman–Crippen MR) is 65.4 cm³/mol. The number of alkyl carbamates (subject to hydrolysis) is 1. The first-order chi connectivity index (χ1) is 7.53. The van der Waals surface area contributed by atoms with Crippen LogP contribution in [0.15, 0.2) is 0 Å². The molecule has 1 saturated carbocycles. The molecule has 0 aromatic heterocycles. The maximum Gasteiger partial charge on any atom is 0.407 e. The van der Waals surface area contributed by atoms with Crippen LogP contribution >= 0.6 is 0 Å². The molecule has 0 saturated heterocycles. The van der Waals surface area contributed by atoms with Crippen LogP contribution in [0.1, 0.15) is 59.3 Å². The highest BCUT2D eigenvalue weighted by Gasteiger charge is 2.21. The van der Waals surface area contributed by atoms with Crippen molar-refractivity contribution in [3.05, 3.63) is 0 Å². The van der Waals surface area contributed by atoms with Gasteiger partial charge in [0.15, 0.2) is 0 Å². The van der Waals surface area contributed by atoms with Gasteiger partial charge in [0.1, 0.15) is 5.60 Å². The fraction of sp³-hybridized carbons (Fsp3) is 0.923. The molecule has 16 heavy (non-hydrogen) atoms. The monoisotopic (exact) mass is 227 g/mol. The fourth-order valence-corrected chi connectivity index (χ4v) is 1.98. The highest BCUT2D eigenvalue weighted by Crippen LogP contribution is 2.22. The molecule has 1 aliphatic rings. The molecule has 1 rings (SSSR count). The molecule has 0 bridgehead atoms. The smallest absolute Gasteiger partial charge is 0.407 e. The largest absolute Gasteiger partial charge is 0.444 e. The van der Waals surface area contributed by atoms with Gasteiger partial charge in [-0.1, -0.05) is 26.2 Å². The summed E-state index contributed by atoms with van der Waals surface area (Å²) >= 11 is 0. The van der Waals surface area contributed by atoms with E-state index in [1.807, 2.05) is 20.8 Å². The minimum absolute atomic E-state index is 0.266. The second-order valence-electron chi connectivity index (χ2n) is 5.39. The molecule has 94 valence electrons. The van der Waals surface area contributed by atoms with Gasteiger partial charge in [-0.25, -0.2) is 4.79 Å². The number of rotatable bonds is 4. The summed E-state index contributed by atoms with van der Waals surface area (Å²) in [5.41, 5.74) is -0.351. The molecule has 0 radical (unpaired) electrons. The van der Waals surface area contributed by atoms with E-state index < -0.39 is 0 Å². The van der Waals surface area contributed by atoms with E-state index in [0.717, 1.165) is 13.0 Å². The second kappa shape index (κ2) is 6.12. The van der Waals surface area contributed by atoms with Crippen LogP contribution in [0.4, 0.5) is 4.79 Å². The first-order valence-corrected chi connectivity index (χ1v) is 6.50. The number of carbonyl (C=O) groups excluding carboxylic acids is 1. The highest BCUT2D eigenvalue weighted by atomic mass is 16.6. The van der Waals surface area contributed by atoms with Crippen LogP contribution in [0.3, 0.4) is 0 Å². The number of hydrogen-bond donors (Lipinski definition) is 1. The van der Waals surface area contributed by atoms with Gasteiger partial charge in [0, 0.05) is 6.54 Å². The Balaban J connectivity index is 2.19. The van der Waals surface area contributed by atoms with E-state index in [1.165, 1.54) is 32.1 Å². The van der Waals surface area contributed by atoms with Crippen molar-refractivity contribution in [1.82, 2.24) is 5.32 Å². The van der Waals surface area contributed by atoms with Crippen molar-refractivity contribution in [1.29, 1.82) is 0 Å². The Kier molecular flexibility index (Phi) is 5.10. The summed E-state index contributed by atoms with van der Waals surface area (Å²) in [6, 6.07) is 0. The Bertz CT molecular complexity index is 220. The molecule has 0 unspecified atom stereocenters. The van der Waals surface area contributed by atoms with Gasteiger partial charge in [0.2, 0.25) is 0 Å². The van der Waals surface area contributed by atoms with Crippen LogP contribution in [-0.4, -0.2) is 18.2 Å². The summed E-state index contributed by atoms with van der Waals surface area (Å²) in [5.74, 6) is 0.658. The van der Waals surface area contributed by atoms with Crippen LogP contribution < -0.4 is 5.32 Å². The summed E-state index contributed by atoms with van der Waals surface area (Å²) in [6.45, 7) is 6.67. The quantitative estimate of drug-likeness (QED) is 0.798. The third-order valence-electron chi connectivity index (χ3n) is 3.48. The molecule has 0 spiro atoms. The van der Waals surface area contributed by atoms with Crippen molar-refractivity contribution in [3.63, 3.8) is 0 Å². The Morgan fingerprint density at radius 3 is 2.50 bits per heavy atom. The molecule has 0 heterocycles. The van der Waals surface area contributed by atoms with E-state index in [4.69, 9.17) is 4.74 Å². The summed E-state index contributed by atoms with van der Waals surface area (Å²) in [4.78, 5) is 11.5. The molecule has 3 heteroatoms. The standard InChI is InChI=1S/C13H25NO2/c1-4-13(2,3)16-12(15)14-10-11-8-6-5-7-9-11/h11H,4-10H2,1-3H3,(H,14,15). The number of ether oxygens (including phenoxy) is 1. The summed E-state index contributed by atoms with van der Waals surface area (Å²) in [7, 11) is 0. The normalized spacial score (nSPS) is 18.2. The SMILES string of the molecule is CCC(C)(C)OC(=O)NCC1CCCCC1. The van der Waals surface area contributed by atoms with Gasteiger partial charge in [-0.3, -0.25) is 0 Å². The van der Waals surface area contributed by atoms with Crippen molar-refractivity contribution >= 4 is 6.09 Å². The lowest BCUT2D eigenvalue weighted by Crippen LogP contribution is -2.36. The lowest BCUT2D eigenvalue weighted by atomic mass is 9.89. The zero-order valence-corrected chi connectivity index (χ0v) is 10.8. The van der Waals surface area contributed by atoms with Gasteiger partial charge < -0.3 is 10.1 Å². The molecule has 0 atom stereocenters. The first kappa shape index (κ1) is 13.3. The van der Waals surface area contributed by atoms with E-state index in [1.54, 1.807) is 0 Å². The van der Waals surface area contributed by atoms with Crippen LogP contribution in [0.2, 0.25) is 0 Å². The minimum atomic E-state index is -0.351. The summed E-state index contributed by atoms with van der Waals surface area (Å²) < 4.78 is 5.33. The third kappa shape index (κ3) is 4.86.